The molecular formula is C21H27NO3. The van der Waals surface area contributed by atoms with Crippen LogP contribution in [0.1, 0.15) is 23.5 Å². The molecule has 0 radical (unpaired) electrons. The summed E-state index contributed by atoms with van der Waals surface area (Å²) in [5.74, 6) is 0.272. The second-order valence-electron chi connectivity index (χ2n) is 6.62. The maximum Gasteiger partial charge on any atom is 0.0711 e. The smallest absolute Gasteiger partial charge is 0.0711 e. The summed E-state index contributed by atoms with van der Waals surface area (Å²) in [4.78, 5) is 2.14. The minimum atomic E-state index is -0.196. The molecule has 134 valence electrons. The normalized spacial score (nSPS) is 18.8. The Hall–Kier alpha value is -1.72. The maximum atomic E-state index is 9.46. The second-order valence-corrected chi connectivity index (χ2v) is 6.62. The Morgan fingerprint density at radius 3 is 2.00 bits per heavy atom. The van der Waals surface area contributed by atoms with Crippen molar-refractivity contribution < 1.29 is 14.9 Å². The lowest BCUT2D eigenvalue weighted by Gasteiger charge is -2.38. The van der Waals surface area contributed by atoms with E-state index in [2.05, 4.69) is 53.4 Å². The van der Waals surface area contributed by atoms with Crippen LogP contribution in [0.3, 0.4) is 0 Å². The van der Waals surface area contributed by atoms with Crippen LogP contribution in [0.2, 0.25) is 0 Å². The molecule has 2 aromatic rings. The molecule has 2 N–H and O–H groups in total. The molecule has 2 aromatic carbocycles. The number of benzene rings is 2. The quantitative estimate of drug-likeness (QED) is 0.811. The summed E-state index contributed by atoms with van der Waals surface area (Å²) >= 11 is 0. The zero-order valence-electron chi connectivity index (χ0n) is 14.5. The highest BCUT2D eigenvalue weighted by molar-refractivity contribution is 5.32. The van der Waals surface area contributed by atoms with E-state index in [1.807, 2.05) is 12.1 Å². The fourth-order valence-corrected chi connectivity index (χ4v) is 3.60. The van der Waals surface area contributed by atoms with Crippen molar-refractivity contribution in [3.05, 3.63) is 71.8 Å². The van der Waals surface area contributed by atoms with Crippen molar-refractivity contribution in [1.82, 2.24) is 4.90 Å². The van der Waals surface area contributed by atoms with Gasteiger partial charge in [-0.25, -0.2) is 0 Å². The Kier molecular flexibility index (Phi) is 6.59. The zero-order valence-corrected chi connectivity index (χ0v) is 14.5. The molecule has 0 bridgehead atoms. The predicted octanol–water partition coefficient (Wildman–Crippen LogP) is 2.26. The standard InChI is InChI=1S/C21H27NO3/c23-15-19(16-24)22-11-12-25-20(14-22)13-21(17-7-3-1-4-8-17)18-9-5-2-6-10-18/h1-10,19-21,23-24H,11-16H2/t20-/m0/s1. The number of ether oxygens (including phenoxy) is 1. The average Bonchev–Trinajstić information content (AvgIpc) is 2.69. The third-order valence-electron chi connectivity index (χ3n) is 5.01. The van der Waals surface area contributed by atoms with Gasteiger partial charge >= 0.3 is 0 Å². The van der Waals surface area contributed by atoms with Crippen molar-refractivity contribution in [1.29, 1.82) is 0 Å². The Labute approximate surface area is 149 Å². The molecule has 1 fully saturated rings. The molecular weight excluding hydrogens is 314 g/mol. The van der Waals surface area contributed by atoms with Gasteiger partial charge in [-0.2, -0.15) is 0 Å². The van der Waals surface area contributed by atoms with Gasteiger partial charge in [-0.1, -0.05) is 60.7 Å². The lowest BCUT2D eigenvalue weighted by Crippen LogP contribution is -2.50. The zero-order chi connectivity index (χ0) is 17.5. The summed E-state index contributed by atoms with van der Waals surface area (Å²) in [5, 5.41) is 18.9. The third-order valence-corrected chi connectivity index (χ3v) is 5.01. The monoisotopic (exact) mass is 341 g/mol. The first-order chi connectivity index (χ1) is 12.3. The first-order valence-corrected chi connectivity index (χ1v) is 8.99. The molecule has 0 aliphatic carbocycles. The maximum absolute atomic E-state index is 9.46. The van der Waals surface area contributed by atoms with Gasteiger partial charge in [0.15, 0.2) is 0 Å². The number of hydrogen-bond donors (Lipinski definition) is 2. The van der Waals surface area contributed by atoms with Gasteiger partial charge in [0, 0.05) is 19.0 Å². The van der Waals surface area contributed by atoms with E-state index in [1.54, 1.807) is 0 Å². The molecule has 0 spiro atoms. The highest BCUT2D eigenvalue weighted by Gasteiger charge is 2.28. The van der Waals surface area contributed by atoms with Gasteiger partial charge in [-0.05, 0) is 17.5 Å². The molecule has 1 aliphatic heterocycles. The van der Waals surface area contributed by atoms with E-state index in [0.29, 0.717) is 6.61 Å². The van der Waals surface area contributed by atoms with Crippen molar-refractivity contribution in [2.75, 3.05) is 32.9 Å². The molecule has 1 heterocycles. The average molecular weight is 341 g/mol. The lowest BCUT2D eigenvalue weighted by atomic mass is 9.86. The van der Waals surface area contributed by atoms with Crippen LogP contribution in [0, 0.1) is 0 Å². The van der Waals surface area contributed by atoms with Crippen molar-refractivity contribution in [3.8, 4) is 0 Å². The lowest BCUT2D eigenvalue weighted by molar-refractivity contribution is -0.0628. The largest absolute Gasteiger partial charge is 0.395 e. The number of aliphatic hydroxyl groups is 2. The molecule has 0 saturated carbocycles. The van der Waals surface area contributed by atoms with E-state index in [-0.39, 0.29) is 31.3 Å². The molecule has 4 heteroatoms. The summed E-state index contributed by atoms with van der Waals surface area (Å²) in [6.45, 7) is 2.08. The summed E-state index contributed by atoms with van der Waals surface area (Å²) in [5.41, 5.74) is 2.57. The van der Waals surface area contributed by atoms with Crippen LogP contribution in [-0.4, -0.2) is 60.2 Å². The predicted molar refractivity (Wildman–Crippen MR) is 98.6 cm³/mol. The first-order valence-electron chi connectivity index (χ1n) is 8.99. The molecule has 1 saturated heterocycles. The molecule has 4 nitrogen and oxygen atoms in total. The summed E-state index contributed by atoms with van der Waals surface area (Å²) in [6, 6.07) is 20.9. The van der Waals surface area contributed by atoms with Gasteiger partial charge in [-0.15, -0.1) is 0 Å². The number of nitrogens with zero attached hydrogens (tertiary/aromatic N) is 1. The van der Waals surface area contributed by atoms with Crippen LogP contribution in [0.25, 0.3) is 0 Å². The highest BCUT2D eigenvalue weighted by atomic mass is 16.5. The van der Waals surface area contributed by atoms with Crippen LogP contribution >= 0.6 is 0 Å². The summed E-state index contributed by atoms with van der Waals surface area (Å²) in [6.07, 6.45) is 0.966. The third kappa shape index (κ3) is 4.67. The van der Waals surface area contributed by atoms with E-state index in [1.165, 1.54) is 11.1 Å². The SMILES string of the molecule is OCC(CO)N1CCO[C@@H](CC(c2ccccc2)c2ccccc2)C1. The Morgan fingerprint density at radius 1 is 0.920 bits per heavy atom. The Morgan fingerprint density at radius 2 is 1.48 bits per heavy atom. The Bertz CT molecular complexity index is 576. The van der Waals surface area contributed by atoms with Gasteiger partial charge in [0.05, 0.1) is 32.0 Å². The van der Waals surface area contributed by atoms with Crippen LogP contribution in [0.4, 0.5) is 0 Å². The summed E-state index contributed by atoms with van der Waals surface area (Å²) in [7, 11) is 0. The number of morpholine rings is 1. The fourth-order valence-electron chi connectivity index (χ4n) is 3.60. The van der Waals surface area contributed by atoms with E-state index in [4.69, 9.17) is 4.74 Å². The van der Waals surface area contributed by atoms with Crippen LogP contribution in [0.15, 0.2) is 60.7 Å². The van der Waals surface area contributed by atoms with Gasteiger partial charge in [0.25, 0.3) is 0 Å². The van der Waals surface area contributed by atoms with E-state index >= 15 is 0 Å². The van der Waals surface area contributed by atoms with Gasteiger partial charge in [0.2, 0.25) is 0 Å². The molecule has 3 rings (SSSR count). The minimum absolute atomic E-state index is 0.0238. The molecule has 0 aromatic heterocycles. The first kappa shape index (κ1) is 18.1. The summed E-state index contributed by atoms with van der Waals surface area (Å²) < 4.78 is 6.02. The minimum Gasteiger partial charge on any atom is -0.395 e. The van der Waals surface area contributed by atoms with Gasteiger partial charge in [-0.3, -0.25) is 4.90 Å². The van der Waals surface area contributed by atoms with Crippen LogP contribution in [0.5, 0.6) is 0 Å². The molecule has 1 atom stereocenters. The fraction of sp³-hybridized carbons (Fsp3) is 0.429. The second kappa shape index (κ2) is 9.11. The van der Waals surface area contributed by atoms with Gasteiger partial charge in [0.1, 0.15) is 0 Å². The van der Waals surface area contributed by atoms with E-state index in [9.17, 15) is 10.2 Å². The number of hydrogen-bond acceptors (Lipinski definition) is 4. The Balaban J connectivity index is 1.76. The van der Waals surface area contributed by atoms with Crippen LogP contribution < -0.4 is 0 Å². The van der Waals surface area contributed by atoms with E-state index < -0.39 is 0 Å². The van der Waals surface area contributed by atoms with E-state index in [0.717, 1.165) is 19.5 Å². The van der Waals surface area contributed by atoms with Crippen LogP contribution in [-0.2, 0) is 4.74 Å². The molecule has 0 unspecified atom stereocenters. The number of aliphatic hydroxyl groups excluding tert-OH is 2. The topological polar surface area (TPSA) is 52.9 Å². The molecule has 0 amide bonds. The van der Waals surface area contributed by atoms with Crippen molar-refractivity contribution in [2.45, 2.75) is 24.5 Å². The molecule has 1 aliphatic rings. The highest BCUT2D eigenvalue weighted by Crippen LogP contribution is 2.31. The van der Waals surface area contributed by atoms with Crippen molar-refractivity contribution in [3.63, 3.8) is 0 Å². The van der Waals surface area contributed by atoms with Crippen molar-refractivity contribution >= 4 is 0 Å². The molecule has 25 heavy (non-hydrogen) atoms. The number of rotatable bonds is 7. The van der Waals surface area contributed by atoms with Crippen molar-refractivity contribution in [2.24, 2.45) is 0 Å². The van der Waals surface area contributed by atoms with Gasteiger partial charge < -0.3 is 14.9 Å².